The number of ether oxygens (including phenoxy) is 2. The molecule has 0 saturated heterocycles. The second-order valence-corrected chi connectivity index (χ2v) is 3.69. The van der Waals surface area contributed by atoms with Crippen LogP contribution in [0.5, 0.6) is 11.8 Å². The molecule has 0 bridgehead atoms. The maximum Gasteiger partial charge on any atom is 0.394 e. The third kappa shape index (κ3) is 1.79. The Labute approximate surface area is 95.3 Å². The minimum absolute atomic E-state index is 0.262. The van der Waals surface area contributed by atoms with E-state index >= 15 is 0 Å². The number of oxazole rings is 1. The van der Waals surface area contributed by atoms with E-state index in [0.29, 0.717) is 23.5 Å². The number of rotatable bonds is 3. The highest BCUT2D eigenvalue weighted by Gasteiger charge is 2.13. The van der Waals surface area contributed by atoms with E-state index in [0.717, 1.165) is 4.47 Å². The van der Waals surface area contributed by atoms with E-state index in [1.165, 1.54) is 0 Å². The van der Waals surface area contributed by atoms with E-state index in [2.05, 4.69) is 20.9 Å². The van der Waals surface area contributed by atoms with Crippen LogP contribution in [-0.4, -0.2) is 18.7 Å². The molecule has 0 saturated carbocycles. The van der Waals surface area contributed by atoms with Gasteiger partial charge in [-0.25, -0.2) is 0 Å². The molecular weight excluding hydrogens is 262 g/mol. The molecule has 2 rings (SSSR count). The number of aromatic nitrogens is 1. The minimum Gasteiger partial charge on any atom is -0.493 e. The predicted molar refractivity (Wildman–Crippen MR) is 59.4 cm³/mol. The molecule has 1 aromatic carbocycles. The highest BCUT2D eigenvalue weighted by Crippen LogP contribution is 2.33. The fourth-order valence-electron chi connectivity index (χ4n) is 1.28. The average Bonchev–Trinajstić information content (AvgIpc) is 2.64. The van der Waals surface area contributed by atoms with Gasteiger partial charge < -0.3 is 13.9 Å². The van der Waals surface area contributed by atoms with E-state index in [4.69, 9.17) is 13.9 Å². The molecule has 80 valence electrons. The molecule has 0 aliphatic rings. The summed E-state index contributed by atoms with van der Waals surface area (Å²) < 4.78 is 16.6. The molecule has 1 heterocycles. The van der Waals surface area contributed by atoms with Gasteiger partial charge in [-0.3, -0.25) is 0 Å². The molecule has 0 spiro atoms. The first-order valence-corrected chi connectivity index (χ1v) is 5.31. The van der Waals surface area contributed by atoms with E-state index in [9.17, 15) is 0 Å². The number of nitrogens with zero attached hydrogens (tertiary/aromatic N) is 1. The van der Waals surface area contributed by atoms with Crippen LogP contribution in [0.25, 0.3) is 11.1 Å². The highest BCUT2D eigenvalue weighted by atomic mass is 79.9. The largest absolute Gasteiger partial charge is 0.493 e. The Balaban J connectivity index is 2.61. The standard InChI is InChI=1S/C10H10BrNO3/c1-3-14-10-12-8-6(11)4-5-7(13-2)9(8)15-10/h4-5H,3H2,1-2H3. The summed E-state index contributed by atoms with van der Waals surface area (Å²) in [5.74, 6) is 0.645. The number of halogens is 1. The Bertz CT molecular complexity index is 481. The topological polar surface area (TPSA) is 44.5 Å². The first-order chi connectivity index (χ1) is 7.26. The van der Waals surface area contributed by atoms with Gasteiger partial charge in [-0.15, -0.1) is 0 Å². The van der Waals surface area contributed by atoms with Crippen molar-refractivity contribution in [2.75, 3.05) is 13.7 Å². The van der Waals surface area contributed by atoms with Gasteiger partial charge in [0.05, 0.1) is 13.7 Å². The van der Waals surface area contributed by atoms with Gasteiger partial charge in [0.1, 0.15) is 5.52 Å². The van der Waals surface area contributed by atoms with E-state index in [-0.39, 0.29) is 6.08 Å². The molecule has 0 radical (unpaired) electrons. The predicted octanol–water partition coefficient (Wildman–Crippen LogP) is 3.00. The maximum atomic E-state index is 5.42. The van der Waals surface area contributed by atoms with Gasteiger partial charge in [-0.2, -0.15) is 4.98 Å². The second kappa shape index (κ2) is 4.10. The van der Waals surface area contributed by atoms with Crippen LogP contribution in [0, 0.1) is 0 Å². The van der Waals surface area contributed by atoms with Crippen molar-refractivity contribution in [3.05, 3.63) is 16.6 Å². The molecule has 0 atom stereocenters. The molecule has 15 heavy (non-hydrogen) atoms. The van der Waals surface area contributed by atoms with Crippen LogP contribution in [0.15, 0.2) is 21.0 Å². The lowest BCUT2D eigenvalue weighted by atomic mass is 10.3. The fraction of sp³-hybridized carbons (Fsp3) is 0.300. The normalized spacial score (nSPS) is 10.6. The van der Waals surface area contributed by atoms with Crippen LogP contribution in [0.1, 0.15) is 6.92 Å². The molecule has 4 nitrogen and oxygen atoms in total. The van der Waals surface area contributed by atoms with Crippen molar-refractivity contribution in [2.45, 2.75) is 6.92 Å². The average molecular weight is 272 g/mol. The highest BCUT2D eigenvalue weighted by molar-refractivity contribution is 9.10. The molecule has 0 aliphatic carbocycles. The first kappa shape index (κ1) is 10.3. The lowest BCUT2D eigenvalue weighted by Crippen LogP contribution is -1.90. The van der Waals surface area contributed by atoms with Crippen molar-refractivity contribution in [3.63, 3.8) is 0 Å². The van der Waals surface area contributed by atoms with Gasteiger partial charge in [0.15, 0.2) is 5.75 Å². The molecule has 0 aliphatic heterocycles. The number of methoxy groups -OCH3 is 1. The Hall–Kier alpha value is -1.23. The van der Waals surface area contributed by atoms with Gasteiger partial charge >= 0.3 is 6.08 Å². The van der Waals surface area contributed by atoms with Gasteiger partial charge in [0.2, 0.25) is 5.58 Å². The van der Waals surface area contributed by atoms with Crippen molar-refractivity contribution in [3.8, 4) is 11.8 Å². The van der Waals surface area contributed by atoms with Crippen LogP contribution in [0.2, 0.25) is 0 Å². The van der Waals surface area contributed by atoms with Crippen LogP contribution < -0.4 is 9.47 Å². The molecular formula is C10H10BrNO3. The first-order valence-electron chi connectivity index (χ1n) is 4.52. The zero-order valence-electron chi connectivity index (χ0n) is 8.41. The summed E-state index contributed by atoms with van der Waals surface area (Å²) in [6, 6.07) is 3.67. The third-order valence-electron chi connectivity index (χ3n) is 1.93. The van der Waals surface area contributed by atoms with Gasteiger partial charge in [-0.05, 0) is 35.0 Å². The Morgan fingerprint density at radius 3 is 2.93 bits per heavy atom. The number of benzene rings is 1. The van der Waals surface area contributed by atoms with E-state index < -0.39 is 0 Å². The van der Waals surface area contributed by atoms with Crippen molar-refractivity contribution in [2.24, 2.45) is 0 Å². The number of fused-ring (bicyclic) bond motifs is 1. The monoisotopic (exact) mass is 271 g/mol. The molecule has 0 unspecified atom stereocenters. The van der Waals surface area contributed by atoms with Crippen LogP contribution in [-0.2, 0) is 0 Å². The Morgan fingerprint density at radius 2 is 2.27 bits per heavy atom. The summed E-state index contributed by atoms with van der Waals surface area (Å²) in [6.07, 6.45) is 0.262. The van der Waals surface area contributed by atoms with Crippen LogP contribution in [0.3, 0.4) is 0 Å². The lowest BCUT2D eigenvalue weighted by Gasteiger charge is -1.99. The van der Waals surface area contributed by atoms with E-state index in [1.807, 2.05) is 19.1 Å². The Kier molecular flexibility index (Phi) is 2.81. The smallest absolute Gasteiger partial charge is 0.394 e. The summed E-state index contributed by atoms with van der Waals surface area (Å²) in [6.45, 7) is 2.40. The summed E-state index contributed by atoms with van der Waals surface area (Å²) >= 11 is 3.39. The van der Waals surface area contributed by atoms with Crippen molar-refractivity contribution in [1.82, 2.24) is 4.98 Å². The SMILES string of the molecule is CCOc1nc2c(Br)ccc(OC)c2o1. The number of hydrogen-bond donors (Lipinski definition) is 0. The molecule has 0 amide bonds. The van der Waals surface area contributed by atoms with Gasteiger partial charge in [0.25, 0.3) is 0 Å². The number of hydrogen-bond acceptors (Lipinski definition) is 4. The Morgan fingerprint density at radius 1 is 1.47 bits per heavy atom. The molecule has 2 aromatic rings. The molecule has 0 N–H and O–H groups in total. The quantitative estimate of drug-likeness (QED) is 0.861. The van der Waals surface area contributed by atoms with Crippen LogP contribution in [0.4, 0.5) is 0 Å². The van der Waals surface area contributed by atoms with Crippen molar-refractivity contribution in [1.29, 1.82) is 0 Å². The lowest BCUT2D eigenvalue weighted by molar-refractivity contribution is 0.250. The minimum atomic E-state index is 0.262. The van der Waals surface area contributed by atoms with Gasteiger partial charge in [-0.1, -0.05) is 0 Å². The third-order valence-corrected chi connectivity index (χ3v) is 2.57. The molecule has 5 heteroatoms. The fourth-order valence-corrected chi connectivity index (χ4v) is 1.68. The molecule has 1 aromatic heterocycles. The van der Waals surface area contributed by atoms with E-state index in [1.54, 1.807) is 7.11 Å². The molecule has 0 fully saturated rings. The zero-order valence-corrected chi connectivity index (χ0v) is 10.00. The zero-order chi connectivity index (χ0) is 10.8. The second-order valence-electron chi connectivity index (χ2n) is 2.84. The maximum absolute atomic E-state index is 5.42. The summed E-state index contributed by atoms with van der Waals surface area (Å²) in [5.41, 5.74) is 1.30. The summed E-state index contributed by atoms with van der Waals surface area (Å²) in [7, 11) is 1.59. The van der Waals surface area contributed by atoms with Crippen LogP contribution >= 0.6 is 15.9 Å². The van der Waals surface area contributed by atoms with Crippen molar-refractivity contribution < 1.29 is 13.9 Å². The summed E-state index contributed by atoms with van der Waals surface area (Å²) in [5, 5.41) is 0. The van der Waals surface area contributed by atoms with Crippen molar-refractivity contribution >= 4 is 27.0 Å². The van der Waals surface area contributed by atoms with Gasteiger partial charge in [0, 0.05) is 4.47 Å². The summed E-state index contributed by atoms with van der Waals surface area (Å²) in [4.78, 5) is 4.19.